The summed E-state index contributed by atoms with van der Waals surface area (Å²) >= 11 is 3.29. The first-order chi connectivity index (χ1) is 12.4. The van der Waals surface area contributed by atoms with Crippen molar-refractivity contribution in [3.63, 3.8) is 0 Å². The number of halogens is 1. The normalized spacial score (nSPS) is 25.2. The first-order valence-corrected chi connectivity index (χ1v) is 9.02. The monoisotopic (exact) mass is 435 g/mol. The van der Waals surface area contributed by atoms with E-state index in [1.165, 1.54) is 14.2 Å². The number of aliphatic hydroxyl groups excluding tert-OH is 1. The predicted molar refractivity (Wildman–Crippen MR) is 97.5 cm³/mol. The summed E-state index contributed by atoms with van der Waals surface area (Å²) in [7, 11) is 4.61. The molecule has 1 aliphatic rings. The minimum Gasteiger partial charge on any atom is -0.491 e. The Morgan fingerprint density at radius 3 is 2.69 bits per heavy atom. The van der Waals surface area contributed by atoms with Gasteiger partial charge in [0.1, 0.15) is 12.9 Å². The molecule has 26 heavy (non-hydrogen) atoms. The lowest BCUT2D eigenvalue weighted by Crippen LogP contribution is -2.51. The molecule has 148 valence electrons. The minimum absolute atomic E-state index is 0.0318. The second kappa shape index (κ2) is 9.29. The number of aromatic nitrogens is 1. The number of fused-ring (bicyclic) bond motifs is 1. The van der Waals surface area contributed by atoms with Crippen LogP contribution >= 0.6 is 15.9 Å². The molecule has 3 atom stereocenters. The molecule has 0 fully saturated rings. The number of nitrogens with zero attached hydrogens (tertiary/aromatic N) is 1. The van der Waals surface area contributed by atoms with E-state index in [1.807, 2.05) is 11.5 Å². The molecule has 0 saturated heterocycles. The van der Waals surface area contributed by atoms with Crippen molar-refractivity contribution in [3.8, 4) is 5.75 Å². The van der Waals surface area contributed by atoms with Gasteiger partial charge in [0.25, 0.3) is 0 Å². The molecule has 1 N–H and O–H groups in total. The lowest BCUT2D eigenvalue weighted by Gasteiger charge is -2.47. The van der Waals surface area contributed by atoms with Gasteiger partial charge in [-0.3, -0.25) is 4.79 Å². The SMILES string of the molecule is COCOC1c2c(OC)c(=O)c(Br)cn2CC(OC)C1(C)COCCO. The number of ether oxygens (including phenoxy) is 5. The van der Waals surface area contributed by atoms with Gasteiger partial charge in [0.05, 0.1) is 48.6 Å². The topological polar surface area (TPSA) is 88.4 Å². The molecular weight excluding hydrogens is 410 g/mol. The lowest BCUT2D eigenvalue weighted by molar-refractivity contribution is -0.190. The Morgan fingerprint density at radius 2 is 2.12 bits per heavy atom. The fourth-order valence-corrected chi connectivity index (χ4v) is 3.81. The molecular formula is C17H26BrNO7. The van der Waals surface area contributed by atoms with Gasteiger partial charge >= 0.3 is 0 Å². The molecule has 3 unspecified atom stereocenters. The molecule has 8 nitrogen and oxygen atoms in total. The maximum Gasteiger partial charge on any atom is 0.237 e. The van der Waals surface area contributed by atoms with Crippen LogP contribution in [0.1, 0.15) is 18.7 Å². The Bertz CT molecular complexity index is 665. The largest absolute Gasteiger partial charge is 0.491 e. The van der Waals surface area contributed by atoms with Crippen LogP contribution in [0.15, 0.2) is 15.5 Å². The summed E-state index contributed by atoms with van der Waals surface area (Å²) < 4.78 is 30.1. The van der Waals surface area contributed by atoms with Crippen LogP contribution in [0.2, 0.25) is 0 Å². The summed E-state index contributed by atoms with van der Waals surface area (Å²) in [5, 5.41) is 9.04. The number of methoxy groups -OCH3 is 3. The quantitative estimate of drug-likeness (QED) is 0.462. The summed E-state index contributed by atoms with van der Waals surface area (Å²) in [6, 6.07) is 0. The third kappa shape index (κ3) is 3.97. The highest BCUT2D eigenvalue weighted by atomic mass is 79.9. The molecule has 0 aromatic carbocycles. The van der Waals surface area contributed by atoms with Crippen molar-refractivity contribution in [2.24, 2.45) is 5.41 Å². The van der Waals surface area contributed by atoms with Gasteiger partial charge in [-0.1, -0.05) is 6.92 Å². The Kier molecular flexibility index (Phi) is 7.63. The zero-order valence-electron chi connectivity index (χ0n) is 15.5. The van der Waals surface area contributed by atoms with Gasteiger partial charge in [0.15, 0.2) is 5.75 Å². The Balaban J connectivity index is 2.59. The number of rotatable bonds is 9. The molecule has 2 rings (SSSR count). The molecule has 1 aliphatic heterocycles. The predicted octanol–water partition coefficient (Wildman–Crippen LogP) is 1.32. The standard InChI is InChI=1S/C17H26BrNO7/c1-17(9-25-6-5-20)12(23-3)8-19-7-11(18)14(21)15(24-4)13(19)16(17)26-10-22-2/h7,12,16,20H,5-6,8-10H2,1-4H3. The molecule has 0 saturated carbocycles. The summed E-state index contributed by atoms with van der Waals surface area (Å²) in [6.45, 7) is 2.89. The Morgan fingerprint density at radius 1 is 1.38 bits per heavy atom. The van der Waals surface area contributed by atoms with E-state index in [0.29, 0.717) is 16.7 Å². The number of pyridine rings is 1. The fourth-order valence-electron chi connectivity index (χ4n) is 3.38. The highest BCUT2D eigenvalue weighted by Gasteiger charge is 2.50. The average Bonchev–Trinajstić information content (AvgIpc) is 2.62. The molecule has 1 aromatic rings. The van der Waals surface area contributed by atoms with Crippen molar-refractivity contribution < 1.29 is 28.8 Å². The Hall–Kier alpha value is -0.970. The van der Waals surface area contributed by atoms with Crippen LogP contribution in [-0.2, 0) is 25.5 Å². The third-order valence-corrected chi connectivity index (χ3v) is 5.23. The summed E-state index contributed by atoms with van der Waals surface area (Å²) in [4.78, 5) is 12.5. The van der Waals surface area contributed by atoms with Crippen LogP contribution in [0.3, 0.4) is 0 Å². The van der Waals surface area contributed by atoms with Crippen LogP contribution in [0.5, 0.6) is 5.75 Å². The summed E-state index contributed by atoms with van der Waals surface area (Å²) in [6.07, 6.45) is 0.883. The number of hydrogen-bond acceptors (Lipinski definition) is 7. The second-order valence-corrected chi connectivity index (χ2v) is 7.19. The van der Waals surface area contributed by atoms with Gasteiger partial charge in [-0.05, 0) is 15.9 Å². The minimum atomic E-state index is -0.629. The number of hydrogen-bond donors (Lipinski definition) is 1. The first-order valence-electron chi connectivity index (χ1n) is 8.23. The van der Waals surface area contributed by atoms with Gasteiger partial charge in [0.2, 0.25) is 5.43 Å². The maximum absolute atomic E-state index is 12.5. The highest BCUT2D eigenvalue weighted by Crippen LogP contribution is 2.47. The van der Waals surface area contributed by atoms with Crippen molar-refractivity contribution >= 4 is 15.9 Å². The van der Waals surface area contributed by atoms with E-state index in [-0.39, 0.29) is 43.9 Å². The maximum atomic E-state index is 12.5. The molecule has 0 radical (unpaired) electrons. The van der Waals surface area contributed by atoms with Crippen molar-refractivity contribution in [2.45, 2.75) is 25.7 Å². The first kappa shape index (κ1) is 21.3. The van der Waals surface area contributed by atoms with Gasteiger partial charge in [-0.15, -0.1) is 0 Å². The van der Waals surface area contributed by atoms with Crippen molar-refractivity contribution in [3.05, 3.63) is 26.6 Å². The molecule has 0 bridgehead atoms. The zero-order valence-corrected chi connectivity index (χ0v) is 17.1. The third-order valence-electron chi connectivity index (χ3n) is 4.67. The van der Waals surface area contributed by atoms with Crippen LogP contribution < -0.4 is 10.2 Å². The van der Waals surface area contributed by atoms with E-state index in [0.717, 1.165) is 0 Å². The lowest BCUT2D eigenvalue weighted by atomic mass is 9.74. The van der Waals surface area contributed by atoms with E-state index in [4.69, 9.17) is 28.8 Å². The highest BCUT2D eigenvalue weighted by molar-refractivity contribution is 9.10. The van der Waals surface area contributed by atoms with Crippen LogP contribution in [0.4, 0.5) is 0 Å². The average molecular weight is 436 g/mol. The van der Waals surface area contributed by atoms with E-state index < -0.39 is 11.5 Å². The molecule has 9 heteroatoms. The molecule has 0 aliphatic carbocycles. The van der Waals surface area contributed by atoms with Gasteiger partial charge in [-0.25, -0.2) is 0 Å². The van der Waals surface area contributed by atoms with Crippen molar-refractivity contribution in [1.82, 2.24) is 4.57 Å². The zero-order chi connectivity index (χ0) is 19.3. The van der Waals surface area contributed by atoms with Crippen LogP contribution in [0.25, 0.3) is 0 Å². The van der Waals surface area contributed by atoms with E-state index in [1.54, 1.807) is 13.3 Å². The smallest absolute Gasteiger partial charge is 0.237 e. The van der Waals surface area contributed by atoms with E-state index in [9.17, 15) is 4.79 Å². The molecule has 1 aromatic heterocycles. The molecule has 2 heterocycles. The van der Waals surface area contributed by atoms with Crippen molar-refractivity contribution in [2.75, 3.05) is 47.9 Å². The van der Waals surface area contributed by atoms with Gasteiger partial charge in [0, 0.05) is 27.0 Å². The van der Waals surface area contributed by atoms with Crippen LogP contribution in [0, 0.1) is 5.41 Å². The summed E-state index contributed by atoms with van der Waals surface area (Å²) in [5.41, 5.74) is -0.267. The van der Waals surface area contributed by atoms with Crippen LogP contribution in [-0.4, -0.2) is 63.7 Å². The van der Waals surface area contributed by atoms with E-state index in [2.05, 4.69) is 15.9 Å². The summed E-state index contributed by atoms with van der Waals surface area (Å²) in [5.74, 6) is 0.211. The van der Waals surface area contributed by atoms with E-state index >= 15 is 0 Å². The van der Waals surface area contributed by atoms with Gasteiger partial charge in [-0.2, -0.15) is 0 Å². The fraction of sp³-hybridized carbons (Fsp3) is 0.706. The number of aliphatic hydroxyl groups is 1. The second-order valence-electron chi connectivity index (χ2n) is 6.34. The molecule has 0 spiro atoms. The van der Waals surface area contributed by atoms with Gasteiger partial charge < -0.3 is 33.4 Å². The molecule has 0 amide bonds. The Labute approximate surface area is 161 Å². The van der Waals surface area contributed by atoms with Crippen molar-refractivity contribution in [1.29, 1.82) is 0 Å².